The van der Waals surface area contributed by atoms with E-state index in [9.17, 15) is 9.65 Å². The topological polar surface area (TPSA) is 63.8 Å². The first-order valence-corrected chi connectivity index (χ1v) is 10.4. The number of para-hydroxylation sites is 1. The number of benzene rings is 2. The van der Waals surface area contributed by atoms with Crippen LogP contribution in [0.4, 0.5) is 4.39 Å². The molecule has 7 heteroatoms. The predicted molar refractivity (Wildman–Crippen MR) is 118 cm³/mol. The van der Waals surface area contributed by atoms with Crippen LogP contribution in [0, 0.1) is 22.6 Å². The first-order valence-electron chi connectivity index (χ1n) is 9.16. The van der Waals surface area contributed by atoms with Crippen LogP contribution in [0.3, 0.4) is 0 Å². The summed E-state index contributed by atoms with van der Waals surface area (Å²) in [5.74, 6) is -0.843. The molecule has 29 heavy (non-hydrogen) atoms. The summed E-state index contributed by atoms with van der Waals surface area (Å²) in [6, 6.07) is 16.1. The Morgan fingerprint density at radius 3 is 2.45 bits per heavy atom. The molecule has 146 valence electrons. The van der Waals surface area contributed by atoms with Crippen molar-refractivity contribution in [3.8, 4) is 6.07 Å². The Bertz CT molecular complexity index is 1140. The van der Waals surface area contributed by atoms with Crippen molar-refractivity contribution in [3.63, 3.8) is 0 Å². The third kappa shape index (κ3) is 2.86. The molecular formula is C22H19FN4S2. The molecule has 1 aromatic heterocycles. The molecule has 3 aromatic rings. The molecular weight excluding hydrogens is 403 g/mol. The van der Waals surface area contributed by atoms with Gasteiger partial charge in [-0.1, -0.05) is 36.5 Å². The number of aromatic nitrogens is 1. The van der Waals surface area contributed by atoms with E-state index in [1.165, 1.54) is 23.5 Å². The number of nitrogens with zero attached hydrogens (tertiary/aromatic N) is 3. The van der Waals surface area contributed by atoms with Crippen LogP contribution in [-0.2, 0) is 5.41 Å². The number of amidine groups is 1. The second-order valence-electron chi connectivity index (χ2n) is 8.08. The van der Waals surface area contributed by atoms with Gasteiger partial charge in [0.05, 0.1) is 27.2 Å². The number of likely N-dealkylation sites (tertiary alicyclic amines) is 1. The minimum Gasteiger partial charge on any atom is -0.317 e. The van der Waals surface area contributed by atoms with Gasteiger partial charge in [0.25, 0.3) is 0 Å². The van der Waals surface area contributed by atoms with E-state index in [1.54, 1.807) is 17.0 Å². The van der Waals surface area contributed by atoms with Gasteiger partial charge in [0.15, 0.2) is 5.41 Å². The number of hydrogen-bond acceptors (Lipinski definition) is 5. The minimum absolute atomic E-state index is 0.117. The Kier molecular flexibility index (Phi) is 4.52. The van der Waals surface area contributed by atoms with Crippen LogP contribution in [0.15, 0.2) is 48.5 Å². The Morgan fingerprint density at radius 1 is 1.21 bits per heavy atom. The number of thiazole rings is 1. The van der Waals surface area contributed by atoms with Gasteiger partial charge in [0.2, 0.25) is 0 Å². The van der Waals surface area contributed by atoms with Crippen molar-refractivity contribution in [1.82, 2.24) is 9.88 Å². The molecule has 0 amide bonds. The molecule has 0 aliphatic carbocycles. The van der Waals surface area contributed by atoms with Crippen LogP contribution in [0.1, 0.15) is 37.3 Å². The van der Waals surface area contributed by atoms with Gasteiger partial charge in [-0.25, -0.2) is 9.37 Å². The van der Waals surface area contributed by atoms with Gasteiger partial charge in [-0.05, 0) is 50.6 Å². The van der Waals surface area contributed by atoms with Crippen molar-refractivity contribution < 1.29 is 4.39 Å². The lowest BCUT2D eigenvalue weighted by Gasteiger charge is -2.34. The maximum absolute atomic E-state index is 13.6. The van der Waals surface area contributed by atoms with Crippen molar-refractivity contribution >= 4 is 44.6 Å². The highest BCUT2D eigenvalue weighted by Crippen LogP contribution is 2.51. The number of hydrogen-bond donors (Lipinski definition) is 1. The smallest absolute Gasteiger partial charge is 0.179 e. The zero-order valence-corrected chi connectivity index (χ0v) is 17.9. The molecule has 4 rings (SSSR count). The molecule has 0 saturated carbocycles. The highest BCUT2D eigenvalue weighted by Gasteiger charge is 2.60. The Balaban J connectivity index is 2.01. The Hall–Kier alpha value is -2.69. The summed E-state index contributed by atoms with van der Waals surface area (Å²) in [7, 11) is 0. The summed E-state index contributed by atoms with van der Waals surface area (Å²) in [6.45, 7) is 5.88. The molecule has 4 nitrogen and oxygen atoms in total. The fourth-order valence-corrected chi connectivity index (χ4v) is 5.70. The van der Waals surface area contributed by atoms with E-state index in [4.69, 9.17) is 22.6 Å². The summed E-state index contributed by atoms with van der Waals surface area (Å²) in [4.78, 5) is 6.95. The maximum Gasteiger partial charge on any atom is 0.179 e. The SMILES string of the molecule is CC(C)(C)N1C(=N)[C@](C#N)(c2nc3ccccc3s2)[C@@H](c2ccc(F)cc2)C1=S. The molecule has 2 heterocycles. The fourth-order valence-electron chi connectivity index (χ4n) is 3.88. The number of nitriles is 1. The Morgan fingerprint density at radius 2 is 1.86 bits per heavy atom. The van der Waals surface area contributed by atoms with E-state index in [0.717, 1.165) is 10.2 Å². The summed E-state index contributed by atoms with van der Waals surface area (Å²) >= 11 is 7.22. The molecule has 1 aliphatic heterocycles. The Labute approximate surface area is 178 Å². The van der Waals surface area contributed by atoms with E-state index < -0.39 is 16.9 Å². The molecule has 2 aromatic carbocycles. The second-order valence-corrected chi connectivity index (χ2v) is 9.53. The van der Waals surface area contributed by atoms with Gasteiger partial charge >= 0.3 is 0 Å². The zero-order valence-electron chi connectivity index (χ0n) is 16.2. The van der Waals surface area contributed by atoms with Crippen LogP contribution < -0.4 is 0 Å². The van der Waals surface area contributed by atoms with Crippen molar-refractivity contribution in [2.75, 3.05) is 0 Å². The molecule has 0 spiro atoms. The lowest BCUT2D eigenvalue weighted by atomic mass is 9.75. The van der Waals surface area contributed by atoms with Gasteiger partial charge in [0, 0.05) is 5.54 Å². The highest BCUT2D eigenvalue weighted by atomic mass is 32.1. The number of halogens is 1. The number of rotatable bonds is 2. The van der Waals surface area contributed by atoms with Gasteiger partial charge in [-0.2, -0.15) is 5.26 Å². The van der Waals surface area contributed by atoms with Crippen molar-refractivity contribution in [2.24, 2.45) is 0 Å². The predicted octanol–water partition coefficient (Wildman–Crippen LogP) is 5.40. The lowest BCUT2D eigenvalue weighted by molar-refractivity contribution is 0.346. The van der Waals surface area contributed by atoms with Crippen molar-refractivity contribution in [3.05, 3.63) is 64.9 Å². The van der Waals surface area contributed by atoms with Crippen LogP contribution >= 0.6 is 23.6 Å². The monoisotopic (exact) mass is 422 g/mol. The average molecular weight is 423 g/mol. The minimum atomic E-state index is -1.37. The van der Waals surface area contributed by atoms with Crippen LogP contribution in [0.5, 0.6) is 0 Å². The third-order valence-electron chi connectivity index (χ3n) is 5.18. The number of thiocarbonyl (C=S) groups is 1. The summed E-state index contributed by atoms with van der Waals surface area (Å²) in [6.07, 6.45) is 0. The van der Waals surface area contributed by atoms with E-state index in [0.29, 0.717) is 15.6 Å². The van der Waals surface area contributed by atoms with E-state index in [-0.39, 0.29) is 11.7 Å². The van der Waals surface area contributed by atoms with Gasteiger partial charge < -0.3 is 4.90 Å². The van der Waals surface area contributed by atoms with Gasteiger partial charge in [0.1, 0.15) is 16.7 Å². The van der Waals surface area contributed by atoms with Crippen LogP contribution in [-0.4, -0.2) is 26.2 Å². The van der Waals surface area contributed by atoms with Crippen molar-refractivity contribution in [1.29, 1.82) is 10.7 Å². The largest absolute Gasteiger partial charge is 0.317 e. The molecule has 0 radical (unpaired) electrons. The fraction of sp³-hybridized carbons (Fsp3) is 0.273. The summed E-state index contributed by atoms with van der Waals surface area (Å²) in [5.41, 5.74) is -0.366. The van der Waals surface area contributed by atoms with E-state index in [1.807, 2.05) is 45.0 Å². The molecule has 1 aliphatic rings. The molecule has 1 N–H and O–H groups in total. The van der Waals surface area contributed by atoms with Crippen molar-refractivity contribution in [2.45, 2.75) is 37.6 Å². The second kappa shape index (κ2) is 6.68. The molecule has 1 saturated heterocycles. The van der Waals surface area contributed by atoms with E-state index >= 15 is 0 Å². The summed E-state index contributed by atoms with van der Waals surface area (Å²) in [5, 5.41) is 20.0. The third-order valence-corrected chi connectivity index (χ3v) is 6.77. The number of fused-ring (bicyclic) bond motifs is 1. The normalized spacial score (nSPS) is 22.3. The molecule has 0 unspecified atom stereocenters. The first kappa shape index (κ1) is 19.6. The lowest BCUT2D eigenvalue weighted by Crippen LogP contribution is -2.47. The standard InChI is InChI=1S/C22H19FN4S2/c1-21(2,3)27-18(28)17(13-8-10-14(23)11-9-13)22(12-24,19(27)25)20-26-15-6-4-5-7-16(15)29-20/h4-11,17,25H,1-3H3/t17-,22+/m0/s1. The highest BCUT2D eigenvalue weighted by molar-refractivity contribution is 7.80. The quantitative estimate of drug-likeness (QED) is 0.562. The van der Waals surface area contributed by atoms with Crippen LogP contribution in [0.25, 0.3) is 10.2 Å². The van der Waals surface area contributed by atoms with Gasteiger partial charge in [-0.3, -0.25) is 5.41 Å². The molecule has 1 fully saturated rings. The first-order chi connectivity index (χ1) is 13.7. The summed E-state index contributed by atoms with van der Waals surface area (Å²) < 4.78 is 14.5. The molecule has 0 bridgehead atoms. The number of nitrogens with one attached hydrogen (secondary N) is 1. The average Bonchev–Trinajstić information content (AvgIpc) is 3.19. The molecule has 2 atom stereocenters. The van der Waals surface area contributed by atoms with E-state index in [2.05, 4.69) is 6.07 Å². The van der Waals surface area contributed by atoms with Gasteiger partial charge in [-0.15, -0.1) is 11.3 Å². The maximum atomic E-state index is 13.6. The zero-order chi connectivity index (χ0) is 21.0. The van der Waals surface area contributed by atoms with Crippen LogP contribution in [0.2, 0.25) is 0 Å².